The summed E-state index contributed by atoms with van der Waals surface area (Å²) in [6.45, 7) is 6.22. The maximum atomic E-state index is 6.30. The standard InChI is InChI=1S/C21H24BrClO/c1-4-16(13-17-7-10-19(22)11-8-17)5-6-18-9-12-21(20(23)14-18)24-15(2)3/h5-12,14-16H,4,13H2,1-3H3/b6-5-. The van der Waals surface area contributed by atoms with Crippen molar-refractivity contribution >= 4 is 33.6 Å². The van der Waals surface area contributed by atoms with Crippen LogP contribution in [0.3, 0.4) is 0 Å². The van der Waals surface area contributed by atoms with Gasteiger partial charge in [0.25, 0.3) is 0 Å². The quantitative estimate of drug-likeness (QED) is 0.472. The van der Waals surface area contributed by atoms with Crippen LogP contribution in [0.4, 0.5) is 0 Å². The summed E-state index contributed by atoms with van der Waals surface area (Å²) < 4.78 is 6.79. The molecule has 0 spiro atoms. The van der Waals surface area contributed by atoms with Gasteiger partial charge in [-0.1, -0.05) is 64.8 Å². The Morgan fingerprint density at radius 3 is 2.42 bits per heavy atom. The SMILES string of the molecule is CCC(/C=C\c1ccc(OC(C)C)c(Cl)c1)Cc1ccc(Br)cc1. The highest BCUT2D eigenvalue weighted by atomic mass is 79.9. The monoisotopic (exact) mass is 406 g/mol. The van der Waals surface area contributed by atoms with E-state index in [0.717, 1.165) is 28.6 Å². The number of rotatable bonds is 7. The van der Waals surface area contributed by atoms with Gasteiger partial charge in [-0.15, -0.1) is 0 Å². The minimum Gasteiger partial charge on any atom is -0.489 e. The first-order chi connectivity index (χ1) is 11.5. The summed E-state index contributed by atoms with van der Waals surface area (Å²) in [5.41, 5.74) is 2.46. The van der Waals surface area contributed by atoms with Gasteiger partial charge in [0.15, 0.2) is 0 Å². The lowest BCUT2D eigenvalue weighted by molar-refractivity contribution is 0.242. The smallest absolute Gasteiger partial charge is 0.138 e. The van der Waals surface area contributed by atoms with Crippen molar-refractivity contribution in [2.24, 2.45) is 5.92 Å². The molecule has 0 aliphatic rings. The van der Waals surface area contributed by atoms with Crippen LogP contribution < -0.4 is 4.74 Å². The molecule has 1 unspecified atom stereocenters. The third kappa shape index (κ3) is 5.99. The van der Waals surface area contributed by atoms with Gasteiger partial charge < -0.3 is 4.74 Å². The first-order valence-electron chi connectivity index (χ1n) is 8.36. The first kappa shape index (κ1) is 19.1. The van der Waals surface area contributed by atoms with Crippen LogP contribution in [0.2, 0.25) is 5.02 Å². The van der Waals surface area contributed by atoms with Gasteiger partial charge >= 0.3 is 0 Å². The summed E-state index contributed by atoms with van der Waals surface area (Å²) in [5.74, 6) is 1.25. The van der Waals surface area contributed by atoms with Crippen LogP contribution in [0.1, 0.15) is 38.3 Å². The van der Waals surface area contributed by atoms with E-state index in [0.29, 0.717) is 10.9 Å². The van der Waals surface area contributed by atoms with Crippen LogP contribution in [-0.4, -0.2) is 6.10 Å². The van der Waals surface area contributed by atoms with E-state index in [1.165, 1.54) is 5.56 Å². The molecule has 1 atom stereocenters. The fourth-order valence-electron chi connectivity index (χ4n) is 2.49. The van der Waals surface area contributed by atoms with Gasteiger partial charge in [0.05, 0.1) is 11.1 Å². The van der Waals surface area contributed by atoms with E-state index in [1.807, 2.05) is 32.0 Å². The summed E-state index contributed by atoms with van der Waals surface area (Å²) >= 11 is 9.78. The van der Waals surface area contributed by atoms with Crippen molar-refractivity contribution in [3.05, 3.63) is 69.2 Å². The molecule has 0 bridgehead atoms. The van der Waals surface area contributed by atoms with Gasteiger partial charge in [-0.25, -0.2) is 0 Å². The van der Waals surface area contributed by atoms with E-state index in [4.69, 9.17) is 16.3 Å². The Morgan fingerprint density at radius 1 is 1.12 bits per heavy atom. The van der Waals surface area contributed by atoms with Crippen molar-refractivity contribution in [2.75, 3.05) is 0 Å². The highest BCUT2D eigenvalue weighted by molar-refractivity contribution is 9.10. The molecular weight excluding hydrogens is 384 g/mol. The Kier molecular flexibility index (Phi) is 7.39. The predicted octanol–water partition coefficient (Wildman–Crippen LogP) is 7.17. The summed E-state index contributed by atoms with van der Waals surface area (Å²) in [5, 5.41) is 0.659. The largest absolute Gasteiger partial charge is 0.489 e. The fourth-order valence-corrected chi connectivity index (χ4v) is 2.99. The van der Waals surface area contributed by atoms with E-state index < -0.39 is 0 Å². The number of hydrogen-bond acceptors (Lipinski definition) is 1. The van der Waals surface area contributed by atoms with E-state index in [9.17, 15) is 0 Å². The minimum atomic E-state index is 0.124. The Bertz CT molecular complexity index is 677. The molecule has 0 aromatic heterocycles. The molecule has 0 aliphatic heterocycles. The second-order valence-electron chi connectivity index (χ2n) is 6.21. The molecule has 24 heavy (non-hydrogen) atoms. The van der Waals surface area contributed by atoms with Crippen molar-refractivity contribution < 1.29 is 4.74 Å². The van der Waals surface area contributed by atoms with E-state index in [2.05, 4.69) is 59.3 Å². The molecule has 3 heteroatoms. The zero-order valence-corrected chi connectivity index (χ0v) is 16.8. The summed E-state index contributed by atoms with van der Waals surface area (Å²) in [6.07, 6.45) is 6.70. The van der Waals surface area contributed by atoms with Crippen LogP contribution in [0.5, 0.6) is 5.75 Å². The average Bonchev–Trinajstić information content (AvgIpc) is 2.55. The summed E-state index contributed by atoms with van der Waals surface area (Å²) in [6, 6.07) is 14.5. The van der Waals surface area contributed by atoms with Gasteiger partial charge in [-0.05, 0) is 68.0 Å². The molecule has 2 rings (SSSR count). The van der Waals surface area contributed by atoms with Crippen molar-refractivity contribution in [3.8, 4) is 5.75 Å². The zero-order valence-electron chi connectivity index (χ0n) is 14.4. The van der Waals surface area contributed by atoms with Crippen LogP contribution >= 0.6 is 27.5 Å². The van der Waals surface area contributed by atoms with Crippen molar-refractivity contribution in [3.63, 3.8) is 0 Å². The molecule has 2 aromatic carbocycles. The number of allylic oxidation sites excluding steroid dienone is 1. The molecule has 2 aromatic rings. The molecule has 0 fully saturated rings. The normalized spacial score (nSPS) is 12.8. The number of halogens is 2. The highest BCUT2D eigenvalue weighted by Gasteiger charge is 2.06. The zero-order chi connectivity index (χ0) is 17.5. The molecule has 0 heterocycles. The van der Waals surface area contributed by atoms with Crippen LogP contribution in [0.25, 0.3) is 6.08 Å². The van der Waals surface area contributed by atoms with Gasteiger partial charge in [-0.3, -0.25) is 0 Å². The van der Waals surface area contributed by atoms with Crippen LogP contribution in [0, 0.1) is 5.92 Å². The average molecular weight is 408 g/mol. The molecule has 0 saturated carbocycles. The van der Waals surface area contributed by atoms with Gasteiger partial charge in [-0.2, -0.15) is 0 Å². The van der Waals surface area contributed by atoms with Crippen molar-refractivity contribution in [1.82, 2.24) is 0 Å². The summed E-state index contributed by atoms with van der Waals surface area (Å²) in [7, 11) is 0. The number of benzene rings is 2. The number of hydrogen-bond donors (Lipinski definition) is 0. The maximum absolute atomic E-state index is 6.30. The van der Waals surface area contributed by atoms with E-state index >= 15 is 0 Å². The van der Waals surface area contributed by atoms with Crippen molar-refractivity contribution in [1.29, 1.82) is 0 Å². The van der Waals surface area contributed by atoms with Gasteiger partial charge in [0.2, 0.25) is 0 Å². The highest BCUT2D eigenvalue weighted by Crippen LogP contribution is 2.27. The maximum Gasteiger partial charge on any atom is 0.138 e. The predicted molar refractivity (Wildman–Crippen MR) is 108 cm³/mol. The molecule has 0 saturated heterocycles. The molecule has 0 aliphatic carbocycles. The van der Waals surface area contributed by atoms with Gasteiger partial charge in [0.1, 0.15) is 5.75 Å². The number of ether oxygens (including phenoxy) is 1. The third-order valence-electron chi connectivity index (χ3n) is 3.81. The van der Waals surface area contributed by atoms with Crippen LogP contribution in [-0.2, 0) is 6.42 Å². The molecule has 0 N–H and O–H groups in total. The molecular formula is C21H24BrClO. The van der Waals surface area contributed by atoms with E-state index in [1.54, 1.807) is 0 Å². The summed E-state index contributed by atoms with van der Waals surface area (Å²) in [4.78, 5) is 0. The Morgan fingerprint density at radius 2 is 1.83 bits per heavy atom. The molecule has 1 nitrogen and oxygen atoms in total. The van der Waals surface area contributed by atoms with E-state index in [-0.39, 0.29) is 6.10 Å². The second kappa shape index (κ2) is 9.29. The lowest BCUT2D eigenvalue weighted by Gasteiger charge is -2.12. The lowest BCUT2D eigenvalue weighted by Crippen LogP contribution is -2.05. The molecule has 0 radical (unpaired) electrons. The Hall–Kier alpha value is -1.25. The first-order valence-corrected chi connectivity index (χ1v) is 9.54. The molecule has 128 valence electrons. The third-order valence-corrected chi connectivity index (χ3v) is 4.64. The Balaban J connectivity index is 2.04. The fraction of sp³-hybridized carbons (Fsp3) is 0.333. The van der Waals surface area contributed by atoms with Crippen molar-refractivity contribution in [2.45, 2.75) is 39.7 Å². The molecule has 0 amide bonds. The van der Waals surface area contributed by atoms with Crippen LogP contribution in [0.15, 0.2) is 53.0 Å². The Labute approximate surface area is 158 Å². The lowest BCUT2D eigenvalue weighted by atomic mass is 9.96. The minimum absolute atomic E-state index is 0.124. The topological polar surface area (TPSA) is 9.23 Å². The van der Waals surface area contributed by atoms with Gasteiger partial charge in [0, 0.05) is 4.47 Å². The second-order valence-corrected chi connectivity index (χ2v) is 7.54.